The number of fused-ring (bicyclic) bond motifs is 1. The molecule has 5 unspecified atom stereocenters. The van der Waals surface area contributed by atoms with E-state index in [-0.39, 0.29) is 5.91 Å². The van der Waals surface area contributed by atoms with E-state index in [0.717, 1.165) is 12.8 Å². The van der Waals surface area contributed by atoms with Gasteiger partial charge < -0.3 is 20.8 Å². The molecule has 2 aromatic rings. The predicted octanol–water partition coefficient (Wildman–Crippen LogP) is 4.19. The van der Waals surface area contributed by atoms with Crippen LogP contribution in [-0.2, 0) is 4.79 Å². The molecule has 0 saturated heterocycles. The number of carbonyl (C=O) groups excluding carboxylic acids is 1. The van der Waals surface area contributed by atoms with Crippen LogP contribution >= 0.6 is 23.2 Å². The van der Waals surface area contributed by atoms with Crippen molar-refractivity contribution in [2.24, 2.45) is 11.7 Å². The minimum atomic E-state index is -1.29. The number of hydrogen-bond donors (Lipinski definition) is 3. The number of benzene rings is 2. The average Bonchev–Trinajstić information content (AvgIpc) is 2.73. The summed E-state index contributed by atoms with van der Waals surface area (Å²) in [4.78, 5) is 27.4. The number of aliphatic hydroxyl groups excluding tert-OH is 1. The largest absolute Gasteiger partial charge is 0.481 e. The maximum Gasteiger partial charge on any atom is 0.308 e. The molecule has 5 atom stereocenters. The molecule has 4 N–H and O–H groups in total. The smallest absolute Gasteiger partial charge is 0.308 e. The molecule has 1 amide bonds. The minimum Gasteiger partial charge on any atom is -0.481 e. The van der Waals surface area contributed by atoms with Crippen LogP contribution in [-0.4, -0.2) is 39.3 Å². The summed E-state index contributed by atoms with van der Waals surface area (Å²) in [6, 6.07) is 10.7. The monoisotopic (exact) mass is 462 g/mol. The maximum absolute atomic E-state index is 13.8. The van der Waals surface area contributed by atoms with Crippen LogP contribution in [0.4, 0.5) is 0 Å². The van der Waals surface area contributed by atoms with Gasteiger partial charge >= 0.3 is 5.97 Å². The molecule has 0 radical (unpaired) electrons. The number of amides is 1. The Bertz CT molecular complexity index is 1010. The SMILES string of the molecule is NC(O)C1c2ccccc2C(=O)N(C2CCCCC2C(=O)O)C1c1ccc(Cl)cc1Cl. The lowest BCUT2D eigenvalue weighted by molar-refractivity contribution is -0.145. The Morgan fingerprint density at radius 2 is 1.81 bits per heavy atom. The van der Waals surface area contributed by atoms with Crippen molar-refractivity contribution in [1.82, 2.24) is 4.90 Å². The fourth-order valence-corrected chi connectivity index (χ4v) is 5.66. The van der Waals surface area contributed by atoms with Gasteiger partial charge in [-0.05, 0) is 42.2 Å². The highest BCUT2D eigenvalue weighted by molar-refractivity contribution is 6.35. The minimum absolute atomic E-state index is 0.276. The molecule has 1 aliphatic carbocycles. The number of carboxylic acid groups (broad SMARTS) is 1. The Hall–Kier alpha value is -2.12. The third kappa shape index (κ3) is 3.94. The third-order valence-corrected chi connectivity index (χ3v) is 7.04. The normalized spacial score (nSPS) is 27.0. The average molecular weight is 463 g/mol. The molecule has 0 aromatic heterocycles. The molecule has 0 bridgehead atoms. The zero-order valence-electron chi connectivity index (χ0n) is 16.7. The van der Waals surface area contributed by atoms with Crippen molar-refractivity contribution in [3.63, 3.8) is 0 Å². The molecule has 4 rings (SSSR count). The van der Waals surface area contributed by atoms with Crippen LogP contribution in [0.2, 0.25) is 10.0 Å². The van der Waals surface area contributed by atoms with Crippen molar-refractivity contribution in [3.8, 4) is 0 Å². The molecular formula is C23H24Cl2N2O4. The van der Waals surface area contributed by atoms with E-state index in [1.165, 1.54) is 0 Å². The number of hydrogen-bond acceptors (Lipinski definition) is 4. The van der Waals surface area contributed by atoms with Crippen LogP contribution in [0.1, 0.15) is 59.1 Å². The predicted molar refractivity (Wildman–Crippen MR) is 118 cm³/mol. The molecule has 0 spiro atoms. The highest BCUT2D eigenvalue weighted by Crippen LogP contribution is 2.49. The quantitative estimate of drug-likeness (QED) is 0.590. The van der Waals surface area contributed by atoms with Gasteiger partial charge in [-0.15, -0.1) is 0 Å². The molecule has 8 heteroatoms. The lowest BCUT2D eigenvalue weighted by atomic mass is 9.75. The maximum atomic E-state index is 13.8. The van der Waals surface area contributed by atoms with Crippen LogP contribution in [0.3, 0.4) is 0 Å². The fourth-order valence-electron chi connectivity index (χ4n) is 5.14. The summed E-state index contributed by atoms with van der Waals surface area (Å²) >= 11 is 12.6. The van der Waals surface area contributed by atoms with Crippen LogP contribution in [0.25, 0.3) is 0 Å². The molecule has 6 nitrogen and oxygen atoms in total. The zero-order valence-corrected chi connectivity index (χ0v) is 18.3. The van der Waals surface area contributed by atoms with Gasteiger partial charge in [-0.25, -0.2) is 0 Å². The van der Waals surface area contributed by atoms with E-state index in [0.29, 0.717) is 39.6 Å². The zero-order chi connectivity index (χ0) is 22.3. The van der Waals surface area contributed by atoms with Gasteiger partial charge in [0, 0.05) is 27.6 Å². The van der Waals surface area contributed by atoms with Gasteiger partial charge in [0.05, 0.1) is 12.0 Å². The molecule has 1 heterocycles. The Balaban J connectivity index is 1.95. The van der Waals surface area contributed by atoms with Crippen LogP contribution in [0.5, 0.6) is 0 Å². The van der Waals surface area contributed by atoms with E-state index in [1.807, 2.05) is 0 Å². The summed E-state index contributed by atoms with van der Waals surface area (Å²) < 4.78 is 0. The van der Waals surface area contributed by atoms with Crippen molar-refractivity contribution >= 4 is 35.1 Å². The third-order valence-electron chi connectivity index (χ3n) is 6.48. The van der Waals surface area contributed by atoms with Crippen LogP contribution in [0, 0.1) is 5.92 Å². The number of rotatable bonds is 4. The summed E-state index contributed by atoms with van der Waals surface area (Å²) in [7, 11) is 0. The second-order valence-corrected chi connectivity index (χ2v) is 9.07. The Labute approximate surface area is 190 Å². The molecule has 164 valence electrons. The molecule has 2 aliphatic rings. The van der Waals surface area contributed by atoms with Crippen molar-refractivity contribution in [2.75, 3.05) is 0 Å². The molecule has 31 heavy (non-hydrogen) atoms. The molecule has 1 fully saturated rings. The number of carbonyl (C=O) groups is 2. The van der Waals surface area contributed by atoms with Crippen molar-refractivity contribution < 1.29 is 19.8 Å². The van der Waals surface area contributed by atoms with Gasteiger partial charge in [0.2, 0.25) is 0 Å². The summed E-state index contributed by atoms with van der Waals surface area (Å²) in [6.07, 6.45) is 1.36. The van der Waals surface area contributed by atoms with Crippen molar-refractivity contribution in [1.29, 1.82) is 0 Å². The summed E-state index contributed by atoms with van der Waals surface area (Å²) in [5, 5.41) is 21.3. The Morgan fingerprint density at radius 1 is 1.10 bits per heavy atom. The summed E-state index contributed by atoms with van der Waals surface area (Å²) in [6.45, 7) is 0. The Kier molecular flexibility index (Phi) is 6.26. The number of aliphatic carboxylic acids is 1. The van der Waals surface area contributed by atoms with Gasteiger partial charge in [0.25, 0.3) is 5.91 Å². The fraction of sp³-hybridized carbons (Fsp3) is 0.391. The first kappa shape index (κ1) is 22.1. The van der Waals surface area contributed by atoms with E-state index in [4.69, 9.17) is 28.9 Å². The molecule has 1 aliphatic heterocycles. The van der Waals surface area contributed by atoms with E-state index in [1.54, 1.807) is 47.4 Å². The number of aliphatic hydroxyl groups is 1. The highest BCUT2D eigenvalue weighted by Gasteiger charge is 2.49. The topological polar surface area (TPSA) is 104 Å². The number of halogens is 2. The molecule has 2 aromatic carbocycles. The van der Waals surface area contributed by atoms with E-state index >= 15 is 0 Å². The second-order valence-electron chi connectivity index (χ2n) is 8.22. The van der Waals surface area contributed by atoms with Crippen LogP contribution in [0.15, 0.2) is 42.5 Å². The van der Waals surface area contributed by atoms with Gasteiger partial charge in [-0.2, -0.15) is 0 Å². The molecular weight excluding hydrogens is 439 g/mol. The first-order valence-corrected chi connectivity index (χ1v) is 11.1. The van der Waals surface area contributed by atoms with Crippen LogP contribution < -0.4 is 5.73 Å². The van der Waals surface area contributed by atoms with Gasteiger partial charge in [-0.3, -0.25) is 9.59 Å². The van der Waals surface area contributed by atoms with E-state index < -0.39 is 36.1 Å². The number of nitrogens with zero attached hydrogens (tertiary/aromatic N) is 1. The van der Waals surface area contributed by atoms with E-state index in [9.17, 15) is 19.8 Å². The lowest BCUT2D eigenvalue weighted by Gasteiger charge is -2.49. The first-order chi connectivity index (χ1) is 14.8. The summed E-state index contributed by atoms with van der Waals surface area (Å²) in [5.41, 5.74) is 7.68. The molecule has 1 saturated carbocycles. The highest BCUT2D eigenvalue weighted by atomic mass is 35.5. The number of nitrogens with two attached hydrogens (primary N) is 1. The lowest BCUT2D eigenvalue weighted by Crippen LogP contribution is -2.55. The Morgan fingerprint density at radius 3 is 2.48 bits per heavy atom. The second kappa shape index (κ2) is 8.79. The number of carboxylic acids is 1. The van der Waals surface area contributed by atoms with Gasteiger partial charge in [0.15, 0.2) is 0 Å². The van der Waals surface area contributed by atoms with Crippen molar-refractivity contribution in [2.45, 2.75) is 49.9 Å². The van der Waals surface area contributed by atoms with Gasteiger partial charge in [0.1, 0.15) is 6.23 Å². The van der Waals surface area contributed by atoms with Crippen molar-refractivity contribution in [3.05, 3.63) is 69.2 Å². The van der Waals surface area contributed by atoms with E-state index in [2.05, 4.69) is 0 Å². The standard InChI is InChI=1S/C23H24Cl2N2O4/c24-12-9-10-15(17(25)11-12)20-19(21(26)28)13-5-1-2-6-14(13)22(29)27(20)18-8-4-3-7-16(18)23(30)31/h1-2,5-6,9-11,16,18-21,28H,3-4,7-8,26H2,(H,30,31). The first-order valence-electron chi connectivity index (χ1n) is 10.3. The summed E-state index contributed by atoms with van der Waals surface area (Å²) in [5.74, 6) is -2.58. The van der Waals surface area contributed by atoms with Gasteiger partial charge in [-0.1, -0.05) is 60.3 Å².